The summed E-state index contributed by atoms with van der Waals surface area (Å²) in [7, 11) is 0. The van der Waals surface area contributed by atoms with E-state index < -0.39 is 23.7 Å². The van der Waals surface area contributed by atoms with Crippen molar-refractivity contribution in [1.29, 1.82) is 0 Å². The van der Waals surface area contributed by atoms with Gasteiger partial charge in [0.05, 0.1) is 5.69 Å². The molecule has 1 unspecified atom stereocenters. The zero-order chi connectivity index (χ0) is 17.1. The number of aromatic nitrogens is 2. The van der Waals surface area contributed by atoms with Crippen LogP contribution in [0.15, 0.2) is 24.3 Å². The van der Waals surface area contributed by atoms with E-state index in [0.717, 1.165) is 0 Å². The summed E-state index contributed by atoms with van der Waals surface area (Å²) in [6, 6.07) is 4.28. The molecule has 0 saturated heterocycles. The number of aryl methyl sites for hydroxylation is 3. The van der Waals surface area contributed by atoms with Gasteiger partial charge in [0.25, 0.3) is 5.91 Å². The Morgan fingerprint density at radius 3 is 2.61 bits per heavy atom. The third-order valence-corrected chi connectivity index (χ3v) is 3.47. The number of nitrogens with zero attached hydrogens (tertiary/aromatic N) is 2. The highest BCUT2D eigenvalue weighted by atomic mass is 19.1. The average Bonchev–Trinajstić information content (AvgIpc) is 2.88. The maximum absolute atomic E-state index is 13.3. The number of nitrogens with one attached hydrogen (secondary N) is 1. The quantitative estimate of drug-likeness (QED) is 0.885. The molecule has 6 nitrogen and oxygen atoms in total. The van der Waals surface area contributed by atoms with E-state index in [0.29, 0.717) is 23.4 Å². The molecular weight excluding hydrogens is 301 g/mol. The number of hydrogen-bond acceptors (Lipinski definition) is 3. The lowest BCUT2D eigenvalue weighted by molar-refractivity contribution is -0.139. The molecule has 0 fully saturated rings. The van der Waals surface area contributed by atoms with Crippen LogP contribution in [0.3, 0.4) is 0 Å². The highest BCUT2D eigenvalue weighted by molar-refractivity contribution is 5.95. The second kappa shape index (κ2) is 6.60. The molecule has 0 saturated carbocycles. The number of carbonyl (C=O) groups excluding carboxylic acids is 1. The van der Waals surface area contributed by atoms with Crippen LogP contribution in [0.1, 0.15) is 40.3 Å². The van der Waals surface area contributed by atoms with Gasteiger partial charge in [0.2, 0.25) is 0 Å². The lowest BCUT2D eigenvalue weighted by atomic mass is 10.0. The molecule has 1 amide bonds. The maximum atomic E-state index is 13.3. The number of amides is 1. The molecule has 2 rings (SSSR count). The van der Waals surface area contributed by atoms with Crippen LogP contribution in [0.25, 0.3) is 0 Å². The van der Waals surface area contributed by atoms with Gasteiger partial charge in [-0.15, -0.1) is 0 Å². The molecule has 0 aliphatic rings. The standard InChI is InChI=1S/C16H18FN3O3/c1-4-20-13(8-10(3)19-20)15(21)18-14(16(22)23)11-5-6-12(17)9(2)7-11/h5-8,14H,4H2,1-3H3,(H,18,21)(H,22,23). The number of carbonyl (C=O) groups is 2. The predicted octanol–water partition coefficient (Wildman–Crippen LogP) is 2.21. The van der Waals surface area contributed by atoms with Gasteiger partial charge in [0, 0.05) is 6.54 Å². The second-order valence-electron chi connectivity index (χ2n) is 5.24. The first kappa shape index (κ1) is 16.7. The van der Waals surface area contributed by atoms with Gasteiger partial charge in [-0.2, -0.15) is 5.10 Å². The van der Waals surface area contributed by atoms with Crippen LogP contribution in [0.4, 0.5) is 4.39 Å². The van der Waals surface area contributed by atoms with Crippen molar-refractivity contribution in [2.24, 2.45) is 0 Å². The van der Waals surface area contributed by atoms with Crippen LogP contribution in [0, 0.1) is 19.7 Å². The minimum atomic E-state index is -1.26. The predicted molar refractivity (Wildman–Crippen MR) is 81.6 cm³/mol. The first-order chi connectivity index (χ1) is 10.8. The van der Waals surface area contributed by atoms with Crippen LogP contribution < -0.4 is 5.32 Å². The molecule has 2 aromatic rings. The Bertz CT molecular complexity index is 755. The third kappa shape index (κ3) is 3.56. The number of carboxylic acids is 1. The lowest BCUT2D eigenvalue weighted by Crippen LogP contribution is -2.35. The van der Waals surface area contributed by atoms with E-state index in [1.807, 2.05) is 6.92 Å². The molecular formula is C16H18FN3O3. The molecule has 1 aromatic carbocycles. The number of halogens is 1. The van der Waals surface area contributed by atoms with Gasteiger partial charge in [-0.05, 0) is 44.0 Å². The van der Waals surface area contributed by atoms with E-state index in [9.17, 15) is 19.1 Å². The summed E-state index contributed by atoms with van der Waals surface area (Å²) < 4.78 is 14.8. The molecule has 1 atom stereocenters. The van der Waals surface area contributed by atoms with Crippen molar-refractivity contribution in [2.75, 3.05) is 0 Å². The number of aliphatic carboxylic acids is 1. The second-order valence-corrected chi connectivity index (χ2v) is 5.24. The highest BCUT2D eigenvalue weighted by Crippen LogP contribution is 2.18. The molecule has 0 spiro atoms. The summed E-state index contributed by atoms with van der Waals surface area (Å²) >= 11 is 0. The van der Waals surface area contributed by atoms with Gasteiger partial charge < -0.3 is 10.4 Å². The van der Waals surface area contributed by atoms with E-state index in [1.165, 1.54) is 29.8 Å². The van der Waals surface area contributed by atoms with Gasteiger partial charge in [0.1, 0.15) is 11.5 Å². The van der Waals surface area contributed by atoms with Crippen LogP contribution in [0.2, 0.25) is 0 Å². The number of carboxylic acid groups (broad SMARTS) is 1. The summed E-state index contributed by atoms with van der Waals surface area (Å²) in [5, 5.41) is 16.0. The smallest absolute Gasteiger partial charge is 0.330 e. The van der Waals surface area contributed by atoms with Crippen molar-refractivity contribution in [2.45, 2.75) is 33.4 Å². The van der Waals surface area contributed by atoms with E-state index >= 15 is 0 Å². The van der Waals surface area contributed by atoms with E-state index in [-0.39, 0.29) is 5.69 Å². The monoisotopic (exact) mass is 319 g/mol. The summed E-state index contributed by atoms with van der Waals surface area (Å²) in [5.41, 5.74) is 1.58. The SMILES string of the molecule is CCn1nc(C)cc1C(=O)NC(C(=O)O)c1ccc(F)c(C)c1. The molecule has 2 N–H and O–H groups in total. The molecule has 1 aromatic heterocycles. The molecule has 1 heterocycles. The minimum Gasteiger partial charge on any atom is -0.479 e. The van der Waals surface area contributed by atoms with Crippen molar-refractivity contribution >= 4 is 11.9 Å². The van der Waals surface area contributed by atoms with Gasteiger partial charge >= 0.3 is 5.97 Å². The highest BCUT2D eigenvalue weighted by Gasteiger charge is 2.25. The Balaban J connectivity index is 2.30. The van der Waals surface area contributed by atoms with Crippen LogP contribution in [-0.2, 0) is 11.3 Å². The van der Waals surface area contributed by atoms with Crippen molar-refractivity contribution in [1.82, 2.24) is 15.1 Å². The van der Waals surface area contributed by atoms with Gasteiger partial charge in [-0.25, -0.2) is 9.18 Å². The van der Waals surface area contributed by atoms with E-state index in [1.54, 1.807) is 13.0 Å². The first-order valence-electron chi connectivity index (χ1n) is 7.17. The molecule has 0 aliphatic heterocycles. The van der Waals surface area contributed by atoms with Crippen LogP contribution in [0.5, 0.6) is 0 Å². The summed E-state index contributed by atoms with van der Waals surface area (Å²) in [5.74, 6) is -2.19. The molecule has 0 bridgehead atoms. The Kier molecular flexibility index (Phi) is 4.78. The van der Waals surface area contributed by atoms with Gasteiger partial charge in [0.15, 0.2) is 6.04 Å². The van der Waals surface area contributed by atoms with Crippen molar-refractivity contribution < 1.29 is 19.1 Å². The Morgan fingerprint density at radius 1 is 1.35 bits per heavy atom. The lowest BCUT2D eigenvalue weighted by Gasteiger charge is -2.16. The molecule has 0 aliphatic carbocycles. The normalized spacial score (nSPS) is 12.0. The largest absolute Gasteiger partial charge is 0.479 e. The zero-order valence-electron chi connectivity index (χ0n) is 13.1. The molecule has 0 radical (unpaired) electrons. The fourth-order valence-corrected chi connectivity index (χ4v) is 2.31. The maximum Gasteiger partial charge on any atom is 0.330 e. The summed E-state index contributed by atoms with van der Waals surface area (Å²) in [6.45, 7) is 5.61. The topological polar surface area (TPSA) is 84.2 Å². The third-order valence-electron chi connectivity index (χ3n) is 3.47. The summed E-state index contributed by atoms with van der Waals surface area (Å²) in [6.07, 6.45) is 0. The van der Waals surface area contributed by atoms with Gasteiger partial charge in [-0.3, -0.25) is 9.48 Å². The summed E-state index contributed by atoms with van der Waals surface area (Å²) in [4.78, 5) is 23.9. The van der Waals surface area contributed by atoms with Crippen LogP contribution in [-0.4, -0.2) is 26.8 Å². The zero-order valence-corrected chi connectivity index (χ0v) is 13.1. The number of hydrogen-bond donors (Lipinski definition) is 2. The van der Waals surface area contributed by atoms with Crippen molar-refractivity contribution in [3.8, 4) is 0 Å². The number of rotatable bonds is 5. The number of benzene rings is 1. The molecule has 7 heteroatoms. The van der Waals surface area contributed by atoms with E-state index in [2.05, 4.69) is 10.4 Å². The Morgan fingerprint density at radius 2 is 2.04 bits per heavy atom. The molecule has 122 valence electrons. The van der Waals surface area contributed by atoms with E-state index in [4.69, 9.17) is 0 Å². The Hall–Kier alpha value is -2.70. The molecule has 23 heavy (non-hydrogen) atoms. The fraction of sp³-hybridized carbons (Fsp3) is 0.312. The van der Waals surface area contributed by atoms with Crippen molar-refractivity contribution in [3.63, 3.8) is 0 Å². The van der Waals surface area contributed by atoms with Crippen LogP contribution >= 0.6 is 0 Å². The first-order valence-corrected chi connectivity index (χ1v) is 7.17. The van der Waals surface area contributed by atoms with Crippen molar-refractivity contribution in [3.05, 3.63) is 52.6 Å². The fourth-order valence-electron chi connectivity index (χ4n) is 2.31. The average molecular weight is 319 g/mol. The van der Waals surface area contributed by atoms with Gasteiger partial charge in [-0.1, -0.05) is 12.1 Å². The Labute approximate surface area is 132 Å². The minimum absolute atomic E-state index is 0.287.